The van der Waals surface area contributed by atoms with Gasteiger partial charge in [0.2, 0.25) is 10.0 Å². The van der Waals surface area contributed by atoms with Crippen molar-refractivity contribution in [2.24, 2.45) is 0 Å². The fourth-order valence-corrected chi connectivity index (χ4v) is 4.24. The van der Waals surface area contributed by atoms with Gasteiger partial charge in [0.15, 0.2) is 0 Å². The Labute approximate surface area is 115 Å². The molecule has 0 aliphatic rings. The predicted octanol–water partition coefficient (Wildman–Crippen LogP) is 1.87. The molecule has 1 aromatic heterocycles. The molecule has 0 fully saturated rings. The Morgan fingerprint density at radius 1 is 1.61 bits per heavy atom. The number of thiophene rings is 1. The zero-order chi connectivity index (χ0) is 13.8. The average Bonchev–Trinajstić information content (AvgIpc) is 2.75. The van der Waals surface area contributed by atoms with Crippen LogP contribution in [-0.4, -0.2) is 37.5 Å². The second-order valence-electron chi connectivity index (χ2n) is 3.76. The van der Waals surface area contributed by atoms with Crippen molar-refractivity contribution in [3.8, 4) is 0 Å². The number of carboxylic acid groups (broad SMARTS) is 1. The monoisotopic (exact) mass is 309 g/mol. The molecule has 0 aliphatic carbocycles. The SMILES string of the molecule is CSCCC(C)NS(=O)(=O)c1csc(C(=O)O)c1. The lowest BCUT2D eigenvalue weighted by atomic mass is 10.3. The molecule has 2 N–H and O–H groups in total. The summed E-state index contributed by atoms with van der Waals surface area (Å²) in [5, 5.41) is 10.1. The first-order valence-electron chi connectivity index (χ1n) is 5.20. The van der Waals surface area contributed by atoms with Gasteiger partial charge < -0.3 is 5.11 Å². The van der Waals surface area contributed by atoms with Crippen LogP contribution in [0.5, 0.6) is 0 Å². The summed E-state index contributed by atoms with van der Waals surface area (Å²) < 4.78 is 26.4. The van der Waals surface area contributed by atoms with Gasteiger partial charge in [-0.05, 0) is 31.4 Å². The van der Waals surface area contributed by atoms with Crippen molar-refractivity contribution in [3.05, 3.63) is 16.3 Å². The maximum absolute atomic E-state index is 11.9. The van der Waals surface area contributed by atoms with E-state index in [0.717, 1.165) is 23.5 Å². The molecule has 1 rings (SSSR count). The minimum Gasteiger partial charge on any atom is -0.477 e. The molecule has 5 nitrogen and oxygen atoms in total. The van der Waals surface area contributed by atoms with Gasteiger partial charge in [-0.3, -0.25) is 0 Å². The van der Waals surface area contributed by atoms with E-state index in [4.69, 9.17) is 5.11 Å². The van der Waals surface area contributed by atoms with E-state index >= 15 is 0 Å². The van der Waals surface area contributed by atoms with Crippen LogP contribution in [0.25, 0.3) is 0 Å². The van der Waals surface area contributed by atoms with Crippen molar-refractivity contribution >= 4 is 39.1 Å². The molecule has 18 heavy (non-hydrogen) atoms. The smallest absolute Gasteiger partial charge is 0.345 e. The topological polar surface area (TPSA) is 83.5 Å². The van der Waals surface area contributed by atoms with Crippen LogP contribution in [0.3, 0.4) is 0 Å². The van der Waals surface area contributed by atoms with Gasteiger partial charge in [-0.25, -0.2) is 17.9 Å². The van der Waals surface area contributed by atoms with Crippen molar-refractivity contribution in [2.45, 2.75) is 24.3 Å². The minimum atomic E-state index is -3.61. The number of hydrogen-bond acceptors (Lipinski definition) is 5. The summed E-state index contributed by atoms with van der Waals surface area (Å²) >= 11 is 2.56. The van der Waals surface area contributed by atoms with E-state index in [-0.39, 0.29) is 15.8 Å². The molecular formula is C10H15NO4S3. The summed E-state index contributed by atoms with van der Waals surface area (Å²) in [6.45, 7) is 1.79. The van der Waals surface area contributed by atoms with E-state index in [0.29, 0.717) is 0 Å². The molecule has 0 aromatic carbocycles. The number of nitrogens with one attached hydrogen (secondary N) is 1. The second kappa shape index (κ2) is 6.55. The number of hydrogen-bond donors (Lipinski definition) is 2. The van der Waals surface area contributed by atoms with Gasteiger partial charge in [-0.2, -0.15) is 11.8 Å². The van der Waals surface area contributed by atoms with Gasteiger partial charge in [0.25, 0.3) is 0 Å². The first-order chi connectivity index (χ1) is 8.36. The number of carbonyl (C=O) groups is 1. The van der Waals surface area contributed by atoms with Gasteiger partial charge in [-0.15, -0.1) is 11.3 Å². The molecule has 0 saturated heterocycles. The van der Waals surface area contributed by atoms with E-state index < -0.39 is 16.0 Å². The zero-order valence-electron chi connectivity index (χ0n) is 10.0. The van der Waals surface area contributed by atoms with Crippen LogP contribution in [0.4, 0.5) is 0 Å². The third-order valence-corrected chi connectivity index (χ3v) is 5.49. The van der Waals surface area contributed by atoms with Crippen molar-refractivity contribution in [3.63, 3.8) is 0 Å². The minimum absolute atomic E-state index is 0.0147. The highest BCUT2D eigenvalue weighted by molar-refractivity contribution is 7.98. The fraction of sp³-hybridized carbons (Fsp3) is 0.500. The quantitative estimate of drug-likeness (QED) is 0.803. The summed E-state index contributed by atoms with van der Waals surface area (Å²) in [5.41, 5.74) is 0. The number of aromatic carboxylic acids is 1. The molecule has 8 heteroatoms. The molecule has 1 atom stereocenters. The van der Waals surface area contributed by atoms with Crippen molar-refractivity contribution in [1.82, 2.24) is 4.72 Å². The maximum atomic E-state index is 11.9. The third-order valence-electron chi connectivity index (χ3n) is 2.21. The lowest BCUT2D eigenvalue weighted by molar-refractivity contribution is 0.0702. The maximum Gasteiger partial charge on any atom is 0.345 e. The molecule has 1 aromatic rings. The molecule has 0 bridgehead atoms. The summed E-state index contributed by atoms with van der Waals surface area (Å²) in [4.78, 5) is 10.7. The Kier molecular flexibility index (Phi) is 5.64. The Bertz CT molecular complexity index is 509. The molecule has 1 heterocycles. The van der Waals surface area contributed by atoms with Crippen LogP contribution in [0.2, 0.25) is 0 Å². The molecule has 0 radical (unpaired) electrons. The molecule has 0 spiro atoms. The normalized spacial score (nSPS) is 13.4. The van der Waals surface area contributed by atoms with Crippen LogP contribution in [0.15, 0.2) is 16.3 Å². The molecular weight excluding hydrogens is 294 g/mol. The number of sulfonamides is 1. The Balaban J connectivity index is 2.76. The van der Waals surface area contributed by atoms with E-state index in [1.807, 2.05) is 6.26 Å². The highest BCUT2D eigenvalue weighted by Crippen LogP contribution is 2.19. The average molecular weight is 309 g/mol. The van der Waals surface area contributed by atoms with Crippen LogP contribution < -0.4 is 4.72 Å². The summed E-state index contributed by atoms with van der Waals surface area (Å²) in [6.07, 6.45) is 2.69. The van der Waals surface area contributed by atoms with Crippen LogP contribution >= 0.6 is 23.1 Å². The van der Waals surface area contributed by atoms with E-state index in [2.05, 4.69) is 4.72 Å². The van der Waals surface area contributed by atoms with Crippen molar-refractivity contribution in [2.75, 3.05) is 12.0 Å². The number of thioether (sulfide) groups is 1. The zero-order valence-corrected chi connectivity index (χ0v) is 12.5. The summed E-state index contributed by atoms with van der Waals surface area (Å²) in [5.74, 6) is -0.245. The fourth-order valence-electron chi connectivity index (χ4n) is 1.26. The van der Waals surface area contributed by atoms with Crippen molar-refractivity contribution < 1.29 is 18.3 Å². The highest BCUT2D eigenvalue weighted by atomic mass is 32.2. The standard InChI is InChI=1S/C10H15NO4S3/c1-7(3-4-16-2)11-18(14,15)8-5-9(10(12)13)17-6-8/h5-7,11H,3-4H2,1-2H3,(H,12,13). The summed E-state index contributed by atoms with van der Waals surface area (Å²) in [6, 6.07) is 1.01. The number of carboxylic acids is 1. The van der Waals surface area contributed by atoms with Crippen LogP contribution in [-0.2, 0) is 10.0 Å². The lowest BCUT2D eigenvalue weighted by Crippen LogP contribution is -2.32. The third kappa shape index (κ3) is 4.27. The van der Waals surface area contributed by atoms with E-state index in [1.54, 1.807) is 18.7 Å². The van der Waals surface area contributed by atoms with Gasteiger partial charge in [0, 0.05) is 11.4 Å². The number of rotatable bonds is 7. The van der Waals surface area contributed by atoms with Gasteiger partial charge in [0.1, 0.15) is 4.88 Å². The molecule has 102 valence electrons. The lowest BCUT2D eigenvalue weighted by Gasteiger charge is -2.12. The first-order valence-corrected chi connectivity index (χ1v) is 8.95. The van der Waals surface area contributed by atoms with E-state index in [9.17, 15) is 13.2 Å². The molecule has 0 amide bonds. The predicted molar refractivity (Wildman–Crippen MR) is 74.1 cm³/mol. The second-order valence-corrected chi connectivity index (χ2v) is 7.37. The largest absolute Gasteiger partial charge is 0.477 e. The van der Waals surface area contributed by atoms with E-state index in [1.165, 1.54) is 11.4 Å². The van der Waals surface area contributed by atoms with Gasteiger partial charge in [-0.1, -0.05) is 0 Å². The first kappa shape index (κ1) is 15.5. The van der Waals surface area contributed by atoms with Gasteiger partial charge >= 0.3 is 5.97 Å². The molecule has 1 unspecified atom stereocenters. The van der Waals surface area contributed by atoms with Gasteiger partial charge in [0.05, 0.1) is 4.90 Å². The Morgan fingerprint density at radius 2 is 2.28 bits per heavy atom. The highest BCUT2D eigenvalue weighted by Gasteiger charge is 2.20. The Hall–Kier alpha value is -0.570. The molecule has 0 aliphatic heterocycles. The van der Waals surface area contributed by atoms with Crippen molar-refractivity contribution in [1.29, 1.82) is 0 Å². The van der Waals surface area contributed by atoms with Crippen LogP contribution in [0.1, 0.15) is 23.0 Å². The Morgan fingerprint density at radius 3 is 2.78 bits per heavy atom. The molecule has 0 saturated carbocycles. The summed E-state index contributed by atoms with van der Waals surface area (Å²) in [7, 11) is -3.61. The van der Waals surface area contributed by atoms with Crippen LogP contribution in [0, 0.1) is 0 Å².